The smallest absolute Gasteiger partial charge is 0.203 e. The van der Waals surface area contributed by atoms with Crippen molar-refractivity contribution in [3.63, 3.8) is 0 Å². The summed E-state index contributed by atoms with van der Waals surface area (Å²) < 4.78 is 0.675. The highest BCUT2D eigenvalue weighted by Gasteiger charge is 2.11. The van der Waals surface area contributed by atoms with Gasteiger partial charge in [-0.05, 0) is 17.7 Å². The largest absolute Gasteiger partial charge is 0.288 e. The highest BCUT2D eigenvalue weighted by molar-refractivity contribution is 9.12. The highest BCUT2D eigenvalue weighted by Crippen LogP contribution is 2.17. The third-order valence-electron chi connectivity index (χ3n) is 2.79. The quantitative estimate of drug-likeness (QED) is 0.349. The van der Waals surface area contributed by atoms with Crippen molar-refractivity contribution in [3.8, 4) is 6.07 Å². The van der Waals surface area contributed by atoms with Gasteiger partial charge in [-0.1, -0.05) is 76.6 Å². The van der Waals surface area contributed by atoms with Crippen molar-refractivity contribution in [1.82, 2.24) is 0 Å². The summed E-state index contributed by atoms with van der Waals surface area (Å²) in [4.78, 5) is 12.2. The van der Waals surface area contributed by atoms with E-state index < -0.39 is 0 Å². The van der Waals surface area contributed by atoms with Gasteiger partial charge in [0, 0.05) is 10.0 Å². The van der Waals surface area contributed by atoms with Crippen LogP contribution in [0.5, 0.6) is 0 Å². The van der Waals surface area contributed by atoms with Crippen LogP contribution in [0.1, 0.15) is 15.9 Å². The molecule has 0 aliphatic rings. The Balaban J connectivity index is 2.27. The number of halogens is 1. The van der Waals surface area contributed by atoms with E-state index >= 15 is 0 Å². The molecule has 0 N–H and O–H groups in total. The summed E-state index contributed by atoms with van der Waals surface area (Å²) in [7, 11) is 0. The first-order valence-corrected chi connectivity index (χ1v) is 7.14. The lowest BCUT2D eigenvalue weighted by Gasteiger charge is -1.99. The van der Waals surface area contributed by atoms with Crippen molar-refractivity contribution in [2.45, 2.75) is 0 Å². The lowest BCUT2D eigenvalue weighted by molar-refractivity contribution is 0.103. The highest BCUT2D eigenvalue weighted by atomic mass is 79.9. The van der Waals surface area contributed by atoms with Gasteiger partial charge in [0.05, 0.1) is 0 Å². The first kappa shape index (κ1) is 15.0. The van der Waals surface area contributed by atoms with E-state index in [9.17, 15) is 10.1 Å². The number of rotatable bonds is 4. The second kappa shape index (κ2) is 7.37. The molecule has 0 amide bonds. The molecule has 0 aliphatic heterocycles. The van der Waals surface area contributed by atoms with Crippen LogP contribution >= 0.6 is 15.9 Å². The second-order valence-corrected chi connectivity index (χ2v) is 5.22. The molecule has 0 bridgehead atoms. The molecule has 0 saturated carbocycles. The fraction of sp³-hybridized carbons (Fsp3) is 0. The number of nitriles is 1. The van der Waals surface area contributed by atoms with E-state index in [1.807, 2.05) is 48.5 Å². The topological polar surface area (TPSA) is 40.9 Å². The predicted octanol–water partition coefficient (Wildman–Crippen LogP) is 4.76. The molecule has 0 fully saturated rings. The molecular formula is C18H12BrNO. The van der Waals surface area contributed by atoms with E-state index in [0.717, 1.165) is 5.56 Å². The number of hydrogen-bond acceptors (Lipinski definition) is 2. The zero-order valence-electron chi connectivity index (χ0n) is 11.2. The summed E-state index contributed by atoms with van der Waals surface area (Å²) in [6.45, 7) is 0. The van der Waals surface area contributed by atoms with Gasteiger partial charge in [0.1, 0.15) is 11.6 Å². The number of allylic oxidation sites excluding steroid dienone is 3. The molecule has 0 saturated heterocycles. The standard InChI is InChI=1S/C18H12BrNO/c19-17(11-14-7-3-1-4-8-14)12-16(13-20)18(21)15-9-5-2-6-10-15/h1-12H/b16-12+,17-11-. The average Bonchev–Trinajstić information content (AvgIpc) is 2.53. The maximum atomic E-state index is 12.2. The Bertz CT molecular complexity index is 725. The number of hydrogen-bond donors (Lipinski definition) is 0. The average molecular weight is 338 g/mol. The third kappa shape index (κ3) is 4.27. The Hall–Kier alpha value is -2.44. The van der Waals surface area contributed by atoms with Crippen LogP contribution in [0.15, 0.2) is 76.8 Å². The Morgan fingerprint density at radius 2 is 1.57 bits per heavy atom. The molecule has 2 nitrogen and oxygen atoms in total. The van der Waals surface area contributed by atoms with E-state index in [0.29, 0.717) is 10.0 Å². The molecule has 0 heterocycles. The molecule has 21 heavy (non-hydrogen) atoms. The van der Waals surface area contributed by atoms with Crippen molar-refractivity contribution in [1.29, 1.82) is 5.26 Å². The zero-order chi connectivity index (χ0) is 15.1. The van der Waals surface area contributed by atoms with Crippen molar-refractivity contribution in [2.24, 2.45) is 0 Å². The fourth-order valence-corrected chi connectivity index (χ4v) is 2.27. The minimum atomic E-state index is -0.281. The number of nitrogens with zero attached hydrogens (tertiary/aromatic N) is 1. The number of Topliss-reactive ketones (excluding diaryl/α,β-unsaturated/α-hetero) is 1. The Morgan fingerprint density at radius 3 is 2.14 bits per heavy atom. The van der Waals surface area contributed by atoms with Gasteiger partial charge in [0.15, 0.2) is 0 Å². The van der Waals surface area contributed by atoms with Gasteiger partial charge in [0.2, 0.25) is 5.78 Å². The van der Waals surface area contributed by atoms with Crippen LogP contribution in [-0.2, 0) is 0 Å². The summed E-state index contributed by atoms with van der Waals surface area (Å²) in [6.07, 6.45) is 3.40. The molecule has 0 aromatic heterocycles. The normalized spacial score (nSPS) is 11.8. The summed E-state index contributed by atoms with van der Waals surface area (Å²) in [5.41, 5.74) is 1.59. The van der Waals surface area contributed by atoms with Crippen LogP contribution < -0.4 is 0 Å². The van der Waals surface area contributed by atoms with Gasteiger partial charge in [-0.2, -0.15) is 5.26 Å². The fourth-order valence-electron chi connectivity index (χ4n) is 1.78. The van der Waals surface area contributed by atoms with Gasteiger partial charge < -0.3 is 0 Å². The van der Waals surface area contributed by atoms with Crippen LogP contribution in [-0.4, -0.2) is 5.78 Å². The first-order valence-electron chi connectivity index (χ1n) is 6.34. The van der Waals surface area contributed by atoms with Crippen LogP contribution in [0.4, 0.5) is 0 Å². The summed E-state index contributed by atoms with van der Waals surface area (Å²) in [5, 5.41) is 9.19. The van der Waals surface area contributed by atoms with Crippen LogP contribution in [0.2, 0.25) is 0 Å². The molecule has 0 spiro atoms. The van der Waals surface area contributed by atoms with E-state index in [-0.39, 0.29) is 11.4 Å². The lowest BCUT2D eigenvalue weighted by atomic mass is 10.0. The minimum Gasteiger partial charge on any atom is -0.288 e. The van der Waals surface area contributed by atoms with Crippen molar-refractivity contribution >= 4 is 27.8 Å². The minimum absolute atomic E-state index is 0.0975. The number of carbonyl (C=O) groups excluding carboxylic acids is 1. The van der Waals surface area contributed by atoms with Crippen molar-refractivity contribution in [2.75, 3.05) is 0 Å². The first-order chi connectivity index (χ1) is 10.2. The number of carbonyl (C=O) groups is 1. The van der Waals surface area contributed by atoms with Crippen LogP contribution in [0.25, 0.3) is 6.08 Å². The Kier molecular flexibility index (Phi) is 5.25. The van der Waals surface area contributed by atoms with Crippen LogP contribution in [0, 0.1) is 11.3 Å². The van der Waals surface area contributed by atoms with E-state index in [1.54, 1.807) is 30.3 Å². The third-order valence-corrected chi connectivity index (χ3v) is 3.25. The van der Waals surface area contributed by atoms with Gasteiger partial charge in [0.25, 0.3) is 0 Å². The molecule has 2 rings (SSSR count). The Labute approximate surface area is 132 Å². The van der Waals surface area contributed by atoms with Crippen molar-refractivity contribution in [3.05, 3.63) is 87.9 Å². The van der Waals surface area contributed by atoms with Crippen molar-refractivity contribution < 1.29 is 4.79 Å². The summed E-state index contributed by atoms with van der Waals surface area (Å²) >= 11 is 3.38. The van der Waals surface area contributed by atoms with Gasteiger partial charge >= 0.3 is 0 Å². The summed E-state index contributed by atoms with van der Waals surface area (Å²) in [5.74, 6) is -0.281. The molecule has 0 radical (unpaired) electrons. The summed E-state index contributed by atoms with van der Waals surface area (Å²) in [6, 6.07) is 20.4. The molecule has 3 heteroatoms. The van der Waals surface area contributed by atoms with Gasteiger partial charge in [-0.25, -0.2) is 0 Å². The van der Waals surface area contributed by atoms with Gasteiger partial charge in [-0.3, -0.25) is 4.79 Å². The van der Waals surface area contributed by atoms with Gasteiger partial charge in [-0.15, -0.1) is 0 Å². The maximum absolute atomic E-state index is 12.2. The van der Waals surface area contributed by atoms with Crippen LogP contribution in [0.3, 0.4) is 0 Å². The predicted molar refractivity (Wildman–Crippen MR) is 87.8 cm³/mol. The van der Waals surface area contributed by atoms with E-state index in [1.165, 1.54) is 0 Å². The SMILES string of the molecule is N#C/C(=C\C(Br)=C\c1ccccc1)C(=O)c1ccccc1. The maximum Gasteiger partial charge on any atom is 0.203 e. The number of ketones is 1. The molecule has 102 valence electrons. The molecule has 0 aliphatic carbocycles. The number of benzene rings is 2. The molecule has 0 atom stereocenters. The molecule has 2 aromatic rings. The Morgan fingerprint density at radius 1 is 1.00 bits per heavy atom. The van der Waals surface area contributed by atoms with E-state index in [2.05, 4.69) is 15.9 Å². The lowest BCUT2D eigenvalue weighted by Crippen LogP contribution is -2.01. The van der Waals surface area contributed by atoms with E-state index in [4.69, 9.17) is 0 Å². The second-order valence-electron chi connectivity index (χ2n) is 4.30. The monoisotopic (exact) mass is 337 g/mol. The molecular weight excluding hydrogens is 326 g/mol. The zero-order valence-corrected chi connectivity index (χ0v) is 12.7. The molecule has 2 aromatic carbocycles. The molecule has 0 unspecified atom stereocenters.